The lowest BCUT2D eigenvalue weighted by molar-refractivity contribution is 0.521. The Morgan fingerprint density at radius 1 is 1.03 bits per heavy atom. The summed E-state index contributed by atoms with van der Waals surface area (Å²) >= 11 is 5.47. The average molecular weight is 498 g/mol. The number of sulfonamides is 1. The molecular formula is C23H23N5O4S2. The molecule has 2 aromatic carbocycles. The van der Waals surface area contributed by atoms with Crippen LogP contribution in [0.15, 0.2) is 69.1 Å². The molecule has 2 heterocycles. The number of fused-ring (bicyclic) bond motifs is 1. The molecule has 9 nitrogen and oxygen atoms in total. The maximum Gasteiger partial charge on any atom is 0.332 e. The van der Waals surface area contributed by atoms with Gasteiger partial charge in [0.2, 0.25) is 10.0 Å². The van der Waals surface area contributed by atoms with Crippen molar-refractivity contribution in [2.45, 2.75) is 24.9 Å². The van der Waals surface area contributed by atoms with Crippen molar-refractivity contribution < 1.29 is 8.42 Å². The molecule has 0 atom stereocenters. The van der Waals surface area contributed by atoms with E-state index in [9.17, 15) is 18.0 Å². The van der Waals surface area contributed by atoms with Gasteiger partial charge in [-0.15, -0.1) is 0 Å². The maximum absolute atomic E-state index is 13.2. The molecule has 4 aromatic rings. The van der Waals surface area contributed by atoms with E-state index < -0.39 is 21.3 Å². The summed E-state index contributed by atoms with van der Waals surface area (Å²) in [4.78, 5) is 33.8. The SMILES string of the molecule is CCn1c(=O)c2c(=S)nc(-c3cccc(S(=O)(=O)N(C)C)c3)[nH]c2n(Cc2ccccc2)c1=O. The van der Waals surface area contributed by atoms with Gasteiger partial charge in [0.15, 0.2) is 0 Å². The lowest BCUT2D eigenvalue weighted by Crippen LogP contribution is -2.40. The minimum Gasteiger partial charge on any atom is -0.325 e. The predicted molar refractivity (Wildman–Crippen MR) is 133 cm³/mol. The standard InChI is InChI=1S/C23H23N5O4S2/c1-4-27-22(29)18-20(28(23(27)30)14-15-9-6-5-7-10-15)24-19(25-21(18)33)16-11-8-12-17(13-16)34(31,32)26(2)3/h5-13H,4,14H2,1-3H3,(H,24,25,33). The van der Waals surface area contributed by atoms with Crippen LogP contribution in [-0.4, -0.2) is 45.9 Å². The molecule has 0 saturated carbocycles. The molecule has 0 spiro atoms. The maximum atomic E-state index is 13.2. The van der Waals surface area contributed by atoms with Crippen LogP contribution in [0.4, 0.5) is 0 Å². The van der Waals surface area contributed by atoms with Crippen molar-refractivity contribution in [3.63, 3.8) is 0 Å². The number of benzene rings is 2. The van der Waals surface area contributed by atoms with Gasteiger partial charge >= 0.3 is 5.69 Å². The van der Waals surface area contributed by atoms with Crippen LogP contribution < -0.4 is 11.2 Å². The molecule has 0 amide bonds. The third-order valence-electron chi connectivity index (χ3n) is 5.48. The van der Waals surface area contributed by atoms with Crippen molar-refractivity contribution in [2.24, 2.45) is 0 Å². The van der Waals surface area contributed by atoms with E-state index in [0.717, 1.165) is 14.4 Å². The Balaban J connectivity index is 2.01. The fourth-order valence-electron chi connectivity index (χ4n) is 3.66. The molecule has 4 rings (SSSR count). The van der Waals surface area contributed by atoms with Crippen molar-refractivity contribution in [3.8, 4) is 11.4 Å². The largest absolute Gasteiger partial charge is 0.332 e. The molecule has 0 radical (unpaired) electrons. The average Bonchev–Trinajstić information content (AvgIpc) is 2.82. The number of nitrogens with one attached hydrogen (secondary N) is 1. The van der Waals surface area contributed by atoms with E-state index in [-0.39, 0.29) is 39.5 Å². The molecule has 34 heavy (non-hydrogen) atoms. The van der Waals surface area contributed by atoms with Gasteiger partial charge in [0.25, 0.3) is 5.56 Å². The zero-order valence-electron chi connectivity index (χ0n) is 18.8. The Bertz CT molecular complexity index is 1670. The topological polar surface area (TPSA) is 110 Å². The summed E-state index contributed by atoms with van der Waals surface area (Å²) in [5.74, 6) is 0.253. The Hall–Kier alpha value is -3.41. The van der Waals surface area contributed by atoms with Crippen LogP contribution in [0.3, 0.4) is 0 Å². The minimum absolute atomic E-state index is 0.0265. The third-order valence-corrected chi connectivity index (χ3v) is 7.58. The summed E-state index contributed by atoms with van der Waals surface area (Å²) in [6.07, 6.45) is 0. The van der Waals surface area contributed by atoms with Crippen molar-refractivity contribution in [3.05, 3.63) is 85.6 Å². The highest BCUT2D eigenvalue weighted by atomic mass is 32.2. The van der Waals surface area contributed by atoms with E-state index >= 15 is 0 Å². The van der Waals surface area contributed by atoms with Gasteiger partial charge in [0, 0.05) is 26.2 Å². The summed E-state index contributed by atoms with van der Waals surface area (Å²) in [5, 5.41) is 0.133. The molecule has 0 unspecified atom stereocenters. The normalized spacial score (nSPS) is 11.9. The van der Waals surface area contributed by atoms with Crippen molar-refractivity contribution in [1.29, 1.82) is 0 Å². The zero-order chi connectivity index (χ0) is 24.6. The van der Waals surface area contributed by atoms with Gasteiger partial charge in [0.1, 0.15) is 21.5 Å². The number of hydrogen-bond donors (Lipinski definition) is 1. The first-order valence-electron chi connectivity index (χ1n) is 10.5. The van der Waals surface area contributed by atoms with Gasteiger partial charge in [-0.1, -0.05) is 54.7 Å². The van der Waals surface area contributed by atoms with Gasteiger partial charge in [-0.2, -0.15) is 0 Å². The van der Waals surface area contributed by atoms with E-state index in [0.29, 0.717) is 5.56 Å². The van der Waals surface area contributed by atoms with E-state index in [2.05, 4.69) is 9.97 Å². The Morgan fingerprint density at radius 2 is 1.74 bits per heavy atom. The summed E-state index contributed by atoms with van der Waals surface area (Å²) in [7, 11) is -0.776. The molecule has 1 N–H and O–H groups in total. The second-order valence-corrected chi connectivity index (χ2v) is 10.4. The molecule has 0 fully saturated rings. The first-order chi connectivity index (χ1) is 16.1. The monoisotopic (exact) mass is 497 g/mol. The Kier molecular flexibility index (Phi) is 6.34. The molecule has 176 valence electrons. The predicted octanol–water partition coefficient (Wildman–Crippen LogP) is 2.60. The van der Waals surface area contributed by atoms with Gasteiger partial charge < -0.3 is 4.98 Å². The van der Waals surface area contributed by atoms with Crippen molar-refractivity contribution >= 4 is 33.3 Å². The number of rotatable bonds is 6. The van der Waals surface area contributed by atoms with Gasteiger partial charge in [-0.25, -0.2) is 22.5 Å². The highest BCUT2D eigenvalue weighted by Crippen LogP contribution is 2.22. The number of nitrogens with zero attached hydrogens (tertiary/aromatic N) is 4. The second-order valence-electron chi connectivity index (χ2n) is 7.83. The molecule has 0 aliphatic carbocycles. The lowest BCUT2D eigenvalue weighted by atomic mass is 10.2. The number of aromatic nitrogens is 4. The highest BCUT2D eigenvalue weighted by molar-refractivity contribution is 7.89. The second kappa shape index (κ2) is 9.09. The quantitative estimate of drug-likeness (QED) is 0.410. The summed E-state index contributed by atoms with van der Waals surface area (Å²) in [6.45, 7) is 2.11. The Labute approximate surface area is 201 Å². The highest BCUT2D eigenvalue weighted by Gasteiger charge is 2.20. The molecule has 0 aliphatic heterocycles. The molecule has 0 aliphatic rings. The van der Waals surface area contributed by atoms with E-state index in [1.54, 1.807) is 19.1 Å². The molecule has 0 bridgehead atoms. The van der Waals surface area contributed by atoms with Crippen LogP contribution in [0.2, 0.25) is 0 Å². The fraction of sp³-hybridized carbons (Fsp3) is 0.217. The summed E-state index contributed by atoms with van der Waals surface area (Å²) in [5.41, 5.74) is 0.560. The third kappa shape index (κ3) is 4.13. The van der Waals surface area contributed by atoms with Crippen LogP contribution in [0, 0.1) is 4.64 Å². The zero-order valence-corrected chi connectivity index (χ0v) is 20.5. The summed E-state index contributed by atoms with van der Waals surface area (Å²) < 4.78 is 28.9. The first-order valence-corrected chi connectivity index (χ1v) is 12.3. The van der Waals surface area contributed by atoms with Crippen LogP contribution in [0.1, 0.15) is 12.5 Å². The van der Waals surface area contributed by atoms with Gasteiger partial charge in [-0.3, -0.25) is 13.9 Å². The van der Waals surface area contributed by atoms with Crippen LogP contribution in [0.25, 0.3) is 22.4 Å². The number of H-pyrrole nitrogens is 1. The Morgan fingerprint density at radius 3 is 2.38 bits per heavy atom. The van der Waals surface area contributed by atoms with Gasteiger partial charge in [-0.05, 0) is 24.6 Å². The number of hydrogen-bond acceptors (Lipinski definition) is 6. The summed E-state index contributed by atoms with van der Waals surface area (Å²) in [6, 6.07) is 15.6. The van der Waals surface area contributed by atoms with Crippen molar-refractivity contribution in [1.82, 2.24) is 23.4 Å². The molecule has 2 aromatic heterocycles. The van der Waals surface area contributed by atoms with Crippen LogP contribution in [0.5, 0.6) is 0 Å². The van der Waals surface area contributed by atoms with E-state index in [1.807, 2.05) is 30.3 Å². The number of aromatic amines is 1. The minimum atomic E-state index is -3.67. The van der Waals surface area contributed by atoms with Crippen LogP contribution >= 0.6 is 12.2 Å². The molecule has 11 heteroatoms. The van der Waals surface area contributed by atoms with Gasteiger partial charge in [0.05, 0.1) is 11.4 Å². The lowest BCUT2D eigenvalue weighted by Gasteiger charge is -2.15. The van der Waals surface area contributed by atoms with E-state index in [1.165, 1.54) is 30.8 Å². The van der Waals surface area contributed by atoms with E-state index in [4.69, 9.17) is 12.2 Å². The molecular weight excluding hydrogens is 474 g/mol. The van der Waals surface area contributed by atoms with Crippen LogP contribution in [-0.2, 0) is 23.1 Å². The van der Waals surface area contributed by atoms with Crippen molar-refractivity contribution in [2.75, 3.05) is 14.1 Å². The fourth-order valence-corrected chi connectivity index (χ4v) is 4.89. The first kappa shape index (κ1) is 23.7. The molecule has 0 saturated heterocycles. The smallest absolute Gasteiger partial charge is 0.325 e.